The molecule has 0 unspecified atom stereocenters. The van der Waals surface area contributed by atoms with E-state index in [1.54, 1.807) is 24.3 Å². The molecule has 2 heterocycles. The number of fused-ring (bicyclic) bond motifs is 1. The van der Waals surface area contributed by atoms with Gasteiger partial charge in [0.25, 0.3) is 11.5 Å². The summed E-state index contributed by atoms with van der Waals surface area (Å²) in [5, 5.41) is 10.2. The summed E-state index contributed by atoms with van der Waals surface area (Å²) in [6.07, 6.45) is 1.34. The molecule has 7 nitrogen and oxygen atoms in total. The number of morpholine rings is 1. The first-order valence-electron chi connectivity index (χ1n) is 8.68. The maximum atomic E-state index is 12.4. The van der Waals surface area contributed by atoms with Gasteiger partial charge < -0.3 is 10.1 Å². The molecular weight excluding hydrogens is 320 g/mol. The van der Waals surface area contributed by atoms with Gasteiger partial charge in [0, 0.05) is 31.6 Å². The molecule has 1 aromatic carbocycles. The highest BCUT2D eigenvalue weighted by Crippen LogP contribution is 2.12. The molecule has 25 heavy (non-hydrogen) atoms. The number of amides is 1. The molecule has 134 valence electrons. The van der Waals surface area contributed by atoms with Gasteiger partial charge in [-0.1, -0.05) is 18.2 Å². The number of nitrogens with zero attached hydrogens (tertiary/aromatic N) is 2. The van der Waals surface area contributed by atoms with Crippen molar-refractivity contribution in [3.8, 4) is 0 Å². The number of hydrogen-bond acceptors (Lipinski definition) is 5. The number of nitrogens with one attached hydrogen (secondary N) is 2. The highest BCUT2D eigenvalue weighted by Gasteiger charge is 2.21. The van der Waals surface area contributed by atoms with Crippen molar-refractivity contribution in [1.29, 1.82) is 0 Å². The summed E-state index contributed by atoms with van der Waals surface area (Å²) in [5.41, 5.74) is -0.0356. The second-order valence-electron chi connectivity index (χ2n) is 6.57. The number of carbonyl (C=O) groups is 1. The Labute approximate surface area is 146 Å². The predicted molar refractivity (Wildman–Crippen MR) is 95.8 cm³/mol. The summed E-state index contributed by atoms with van der Waals surface area (Å²) >= 11 is 0. The molecule has 1 amide bonds. The van der Waals surface area contributed by atoms with E-state index in [0.29, 0.717) is 17.3 Å². The van der Waals surface area contributed by atoms with E-state index in [1.165, 1.54) is 0 Å². The fourth-order valence-corrected chi connectivity index (χ4v) is 3.34. The Morgan fingerprint density at radius 2 is 1.96 bits per heavy atom. The molecule has 2 aromatic rings. The zero-order valence-corrected chi connectivity index (χ0v) is 14.6. The van der Waals surface area contributed by atoms with Crippen LogP contribution in [0.3, 0.4) is 0 Å². The molecular formula is C18H24N4O3. The second-order valence-corrected chi connectivity index (χ2v) is 6.57. The van der Waals surface area contributed by atoms with E-state index in [2.05, 4.69) is 34.3 Å². The fourth-order valence-electron chi connectivity index (χ4n) is 3.34. The number of benzene rings is 1. The van der Waals surface area contributed by atoms with E-state index in [4.69, 9.17) is 4.74 Å². The molecule has 0 spiro atoms. The molecule has 0 saturated carbocycles. The highest BCUT2D eigenvalue weighted by molar-refractivity contribution is 6.04. The largest absolute Gasteiger partial charge is 0.373 e. The van der Waals surface area contributed by atoms with Crippen LogP contribution in [0.5, 0.6) is 0 Å². The number of aromatic nitrogens is 2. The topological polar surface area (TPSA) is 87.3 Å². The number of ether oxygens (including phenoxy) is 1. The lowest BCUT2D eigenvalue weighted by atomic mass is 10.1. The standard InChI is InChI=1S/C18H24N4O3/c1-12-10-22(11-13(2)25-12)9-5-8-19-18(24)16-14-6-3-4-7-15(14)17(23)21-20-16/h3-4,6-7,12-13H,5,8-11H2,1-2H3,(H,19,24)(H,21,23)/t12-,13-/m0/s1. The van der Waals surface area contributed by atoms with E-state index in [1.807, 2.05) is 0 Å². The van der Waals surface area contributed by atoms with Crippen molar-refractivity contribution in [2.45, 2.75) is 32.5 Å². The molecule has 0 bridgehead atoms. The van der Waals surface area contributed by atoms with Gasteiger partial charge in [0.2, 0.25) is 0 Å². The maximum Gasteiger partial charge on any atom is 0.272 e. The molecule has 1 aliphatic rings. The van der Waals surface area contributed by atoms with Crippen molar-refractivity contribution < 1.29 is 9.53 Å². The summed E-state index contributed by atoms with van der Waals surface area (Å²) in [4.78, 5) is 26.5. The number of aromatic amines is 1. The number of rotatable bonds is 5. The van der Waals surface area contributed by atoms with Gasteiger partial charge in [0.05, 0.1) is 17.6 Å². The van der Waals surface area contributed by atoms with E-state index < -0.39 is 0 Å². The summed E-state index contributed by atoms with van der Waals surface area (Å²) in [6, 6.07) is 6.99. The normalized spacial score (nSPS) is 21.4. The Balaban J connectivity index is 1.55. The lowest BCUT2D eigenvalue weighted by Crippen LogP contribution is -2.46. The van der Waals surface area contributed by atoms with Crippen molar-refractivity contribution in [3.05, 3.63) is 40.3 Å². The zero-order valence-electron chi connectivity index (χ0n) is 14.6. The summed E-state index contributed by atoms with van der Waals surface area (Å²) in [6.45, 7) is 7.48. The van der Waals surface area contributed by atoms with Gasteiger partial charge in [-0.3, -0.25) is 14.5 Å². The molecule has 0 aliphatic carbocycles. The van der Waals surface area contributed by atoms with Crippen LogP contribution in [-0.2, 0) is 4.74 Å². The zero-order chi connectivity index (χ0) is 17.8. The van der Waals surface area contributed by atoms with Crippen molar-refractivity contribution >= 4 is 16.7 Å². The van der Waals surface area contributed by atoms with E-state index >= 15 is 0 Å². The third-order valence-corrected chi connectivity index (χ3v) is 4.34. The quantitative estimate of drug-likeness (QED) is 0.795. The minimum absolute atomic E-state index is 0.245. The molecule has 1 saturated heterocycles. The summed E-state index contributed by atoms with van der Waals surface area (Å²) in [7, 11) is 0. The molecule has 1 aliphatic heterocycles. The van der Waals surface area contributed by atoms with Crippen molar-refractivity contribution in [2.75, 3.05) is 26.2 Å². The smallest absolute Gasteiger partial charge is 0.272 e. The molecule has 1 aromatic heterocycles. The first-order valence-corrected chi connectivity index (χ1v) is 8.68. The molecule has 2 atom stereocenters. The third-order valence-electron chi connectivity index (χ3n) is 4.34. The van der Waals surface area contributed by atoms with Crippen LogP contribution in [0.1, 0.15) is 30.8 Å². The van der Waals surface area contributed by atoms with Gasteiger partial charge >= 0.3 is 0 Å². The van der Waals surface area contributed by atoms with Gasteiger partial charge in [-0.25, -0.2) is 5.10 Å². The van der Waals surface area contributed by atoms with Gasteiger partial charge in [-0.2, -0.15) is 5.10 Å². The van der Waals surface area contributed by atoms with Crippen LogP contribution in [0, 0.1) is 0 Å². The van der Waals surface area contributed by atoms with E-state index in [0.717, 1.165) is 26.1 Å². The molecule has 3 rings (SSSR count). The minimum atomic E-state index is -0.289. The van der Waals surface area contributed by atoms with Crippen LogP contribution >= 0.6 is 0 Å². The Morgan fingerprint density at radius 1 is 1.28 bits per heavy atom. The summed E-state index contributed by atoms with van der Waals surface area (Å²) < 4.78 is 5.72. The fraction of sp³-hybridized carbons (Fsp3) is 0.500. The monoisotopic (exact) mass is 344 g/mol. The number of H-pyrrole nitrogens is 1. The van der Waals surface area contributed by atoms with E-state index in [9.17, 15) is 9.59 Å². The van der Waals surface area contributed by atoms with Crippen LogP contribution in [0.15, 0.2) is 29.1 Å². The van der Waals surface area contributed by atoms with Crippen molar-refractivity contribution in [2.24, 2.45) is 0 Å². The van der Waals surface area contributed by atoms with Crippen LogP contribution in [-0.4, -0.2) is 59.4 Å². The lowest BCUT2D eigenvalue weighted by molar-refractivity contribution is -0.0679. The highest BCUT2D eigenvalue weighted by atomic mass is 16.5. The predicted octanol–water partition coefficient (Wildman–Crippen LogP) is 1.15. The lowest BCUT2D eigenvalue weighted by Gasteiger charge is -2.35. The molecule has 7 heteroatoms. The van der Waals surface area contributed by atoms with Gasteiger partial charge in [0.15, 0.2) is 5.69 Å². The van der Waals surface area contributed by atoms with Crippen LogP contribution in [0.25, 0.3) is 10.8 Å². The first kappa shape index (κ1) is 17.6. The van der Waals surface area contributed by atoms with Crippen molar-refractivity contribution in [3.63, 3.8) is 0 Å². The first-order chi connectivity index (χ1) is 12.0. The Hall–Kier alpha value is -2.25. The minimum Gasteiger partial charge on any atom is -0.373 e. The van der Waals surface area contributed by atoms with Gasteiger partial charge in [-0.05, 0) is 26.3 Å². The third kappa shape index (κ3) is 4.24. The van der Waals surface area contributed by atoms with Gasteiger partial charge in [-0.15, -0.1) is 0 Å². The average molecular weight is 344 g/mol. The molecule has 2 N–H and O–H groups in total. The number of carbonyl (C=O) groups excluding carboxylic acids is 1. The molecule has 0 radical (unpaired) electrons. The average Bonchev–Trinajstić information content (AvgIpc) is 2.58. The van der Waals surface area contributed by atoms with Gasteiger partial charge in [0.1, 0.15) is 0 Å². The SMILES string of the molecule is C[C@H]1CN(CCCNC(=O)c2n[nH]c(=O)c3ccccc23)C[C@H](C)O1. The summed E-state index contributed by atoms with van der Waals surface area (Å²) in [5.74, 6) is -0.267. The second kappa shape index (κ2) is 7.76. The maximum absolute atomic E-state index is 12.4. The molecule has 1 fully saturated rings. The Bertz CT molecular complexity index is 794. The Morgan fingerprint density at radius 3 is 2.68 bits per heavy atom. The van der Waals surface area contributed by atoms with Crippen LogP contribution in [0.4, 0.5) is 0 Å². The van der Waals surface area contributed by atoms with E-state index in [-0.39, 0.29) is 29.4 Å². The van der Waals surface area contributed by atoms with Crippen LogP contribution < -0.4 is 10.9 Å². The van der Waals surface area contributed by atoms with Crippen molar-refractivity contribution in [1.82, 2.24) is 20.4 Å². The van der Waals surface area contributed by atoms with Crippen LogP contribution in [0.2, 0.25) is 0 Å². The Kier molecular flexibility index (Phi) is 5.45. The number of hydrogen-bond donors (Lipinski definition) is 2.